The number of anilines is 3. The Bertz CT molecular complexity index is 1280. The molecule has 0 spiro atoms. The highest BCUT2D eigenvalue weighted by Gasteiger charge is 2.20. The van der Waals surface area contributed by atoms with Crippen molar-refractivity contribution >= 4 is 35.3 Å². The second kappa shape index (κ2) is 9.61. The van der Waals surface area contributed by atoms with Gasteiger partial charge in [0.2, 0.25) is 11.9 Å². The molecule has 0 fully saturated rings. The van der Waals surface area contributed by atoms with E-state index >= 15 is 0 Å². The molecule has 0 saturated heterocycles. The number of imidazole rings is 1. The standard InChI is InChI=1S/C21H17F2N7O2S/c1-33-21-25-10-16(30(21)15-8-4-13(23)5-9-15)18(31)32-11-17-27-19(24)29-20(28-17)26-14-6-2-12(22)3-7-14/h2-10H,11H2,1H3,(H3,24,26,27,28,29). The summed E-state index contributed by atoms with van der Waals surface area (Å²) in [6.07, 6.45) is 3.18. The first-order valence-electron chi connectivity index (χ1n) is 9.51. The van der Waals surface area contributed by atoms with E-state index in [0.717, 1.165) is 0 Å². The van der Waals surface area contributed by atoms with Crippen molar-refractivity contribution in [3.8, 4) is 5.69 Å². The number of nitrogens with zero attached hydrogens (tertiary/aromatic N) is 5. The molecule has 0 aliphatic rings. The van der Waals surface area contributed by atoms with Crippen molar-refractivity contribution in [3.05, 3.63) is 77.9 Å². The molecule has 2 heterocycles. The number of nitrogens with one attached hydrogen (secondary N) is 1. The van der Waals surface area contributed by atoms with Gasteiger partial charge in [-0.25, -0.2) is 18.6 Å². The van der Waals surface area contributed by atoms with Crippen molar-refractivity contribution < 1.29 is 18.3 Å². The molecule has 0 atom stereocenters. The summed E-state index contributed by atoms with van der Waals surface area (Å²) in [5.74, 6) is -1.32. The third-order valence-electron chi connectivity index (χ3n) is 4.34. The summed E-state index contributed by atoms with van der Waals surface area (Å²) in [6.45, 7) is -0.285. The first kappa shape index (κ1) is 22.1. The van der Waals surface area contributed by atoms with E-state index in [1.54, 1.807) is 10.8 Å². The SMILES string of the molecule is CSc1ncc(C(=O)OCc2nc(N)nc(Nc3ccc(F)cc3)n2)n1-c1ccc(F)cc1. The maximum atomic E-state index is 13.3. The Morgan fingerprint density at radius 2 is 1.73 bits per heavy atom. The molecule has 0 aliphatic carbocycles. The van der Waals surface area contributed by atoms with E-state index in [4.69, 9.17) is 10.5 Å². The third-order valence-corrected chi connectivity index (χ3v) is 4.99. The van der Waals surface area contributed by atoms with Crippen LogP contribution in [-0.2, 0) is 11.3 Å². The van der Waals surface area contributed by atoms with Crippen molar-refractivity contribution in [3.63, 3.8) is 0 Å². The monoisotopic (exact) mass is 469 g/mol. The van der Waals surface area contributed by atoms with Crippen molar-refractivity contribution in [2.75, 3.05) is 17.3 Å². The predicted octanol–water partition coefficient (Wildman–Crippen LogP) is 3.74. The third kappa shape index (κ3) is 5.23. The van der Waals surface area contributed by atoms with Gasteiger partial charge in [-0.1, -0.05) is 11.8 Å². The second-order valence-corrected chi connectivity index (χ2v) is 7.36. The van der Waals surface area contributed by atoms with Crippen LogP contribution in [-0.4, -0.2) is 36.7 Å². The number of nitrogens with two attached hydrogens (primary N) is 1. The highest BCUT2D eigenvalue weighted by atomic mass is 32.2. The zero-order chi connectivity index (χ0) is 23.4. The quantitative estimate of drug-likeness (QED) is 0.308. The number of hydrogen-bond donors (Lipinski definition) is 2. The Labute approximate surface area is 191 Å². The molecular weight excluding hydrogens is 452 g/mol. The minimum atomic E-state index is -0.681. The van der Waals surface area contributed by atoms with Gasteiger partial charge >= 0.3 is 5.97 Å². The van der Waals surface area contributed by atoms with E-state index in [1.807, 2.05) is 0 Å². The van der Waals surface area contributed by atoms with Crippen LogP contribution in [0.15, 0.2) is 59.9 Å². The van der Waals surface area contributed by atoms with Gasteiger partial charge in [0.15, 0.2) is 23.3 Å². The molecular formula is C21H17F2N7O2S. The lowest BCUT2D eigenvalue weighted by molar-refractivity contribution is 0.0452. The average Bonchev–Trinajstić information content (AvgIpc) is 3.23. The van der Waals surface area contributed by atoms with Crippen molar-refractivity contribution in [1.82, 2.24) is 24.5 Å². The van der Waals surface area contributed by atoms with Crippen LogP contribution in [0.5, 0.6) is 0 Å². The van der Waals surface area contributed by atoms with E-state index in [2.05, 4.69) is 25.3 Å². The van der Waals surface area contributed by atoms with Gasteiger partial charge in [-0.05, 0) is 54.8 Å². The molecule has 168 valence electrons. The Balaban J connectivity index is 1.51. The lowest BCUT2D eigenvalue weighted by Crippen LogP contribution is -2.14. The molecule has 9 nitrogen and oxygen atoms in total. The highest BCUT2D eigenvalue weighted by Crippen LogP contribution is 2.23. The number of esters is 1. The summed E-state index contributed by atoms with van der Waals surface area (Å²) < 4.78 is 33.3. The van der Waals surface area contributed by atoms with Crippen LogP contribution in [0.1, 0.15) is 16.3 Å². The summed E-state index contributed by atoms with van der Waals surface area (Å²) in [6, 6.07) is 11.2. The minimum Gasteiger partial charge on any atom is -0.453 e. The Morgan fingerprint density at radius 1 is 1.06 bits per heavy atom. The van der Waals surface area contributed by atoms with Gasteiger partial charge < -0.3 is 15.8 Å². The number of rotatable bonds is 7. The molecule has 12 heteroatoms. The van der Waals surface area contributed by atoms with E-state index in [9.17, 15) is 13.6 Å². The average molecular weight is 469 g/mol. The summed E-state index contributed by atoms with van der Waals surface area (Å²) in [5, 5.41) is 3.41. The van der Waals surface area contributed by atoms with E-state index < -0.39 is 11.8 Å². The van der Waals surface area contributed by atoms with Crippen molar-refractivity contribution in [1.29, 1.82) is 0 Å². The molecule has 0 unspecified atom stereocenters. The molecule has 4 rings (SSSR count). The van der Waals surface area contributed by atoms with Crippen molar-refractivity contribution in [2.24, 2.45) is 0 Å². The summed E-state index contributed by atoms with van der Waals surface area (Å²) in [5.41, 5.74) is 6.98. The number of aromatic nitrogens is 5. The molecule has 0 radical (unpaired) electrons. The fourth-order valence-electron chi connectivity index (χ4n) is 2.89. The molecule has 2 aromatic heterocycles. The molecule has 3 N–H and O–H groups in total. The molecule has 2 aromatic carbocycles. The van der Waals surface area contributed by atoms with Crippen LogP contribution in [0.25, 0.3) is 5.69 Å². The number of ether oxygens (including phenoxy) is 1. The summed E-state index contributed by atoms with van der Waals surface area (Å²) in [4.78, 5) is 29.1. The summed E-state index contributed by atoms with van der Waals surface area (Å²) in [7, 11) is 0. The van der Waals surface area contributed by atoms with Gasteiger partial charge in [-0.15, -0.1) is 0 Å². The largest absolute Gasteiger partial charge is 0.453 e. The maximum absolute atomic E-state index is 13.3. The number of carbonyl (C=O) groups is 1. The number of hydrogen-bond acceptors (Lipinski definition) is 9. The topological polar surface area (TPSA) is 121 Å². The number of thioether (sulfide) groups is 1. The van der Waals surface area contributed by atoms with E-state index in [1.165, 1.54) is 66.5 Å². The molecule has 0 bridgehead atoms. The Morgan fingerprint density at radius 3 is 2.39 bits per heavy atom. The first-order valence-corrected chi connectivity index (χ1v) is 10.7. The highest BCUT2D eigenvalue weighted by molar-refractivity contribution is 7.98. The lowest BCUT2D eigenvalue weighted by Gasteiger charge is -2.11. The fraction of sp³-hybridized carbons (Fsp3) is 0.0952. The number of benzene rings is 2. The normalized spacial score (nSPS) is 10.8. The van der Waals surface area contributed by atoms with Crippen LogP contribution in [0, 0.1) is 11.6 Å². The fourth-order valence-corrected chi connectivity index (χ4v) is 3.43. The smallest absolute Gasteiger partial charge is 0.357 e. The molecule has 0 amide bonds. The zero-order valence-electron chi connectivity index (χ0n) is 17.2. The van der Waals surface area contributed by atoms with Gasteiger partial charge in [0.25, 0.3) is 0 Å². The molecule has 4 aromatic rings. The Kier molecular flexibility index (Phi) is 6.45. The van der Waals surface area contributed by atoms with Crippen LogP contribution in [0.2, 0.25) is 0 Å². The van der Waals surface area contributed by atoms with Gasteiger partial charge in [-0.3, -0.25) is 4.57 Å². The number of carbonyl (C=O) groups excluding carboxylic acids is 1. The maximum Gasteiger partial charge on any atom is 0.357 e. The van der Waals surface area contributed by atoms with Crippen LogP contribution in [0.3, 0.4) is 0 Å². The van der Waals surface area contributed by atoms with E-state index in [0.29, 0.717) is 16.5 Å². The minimum absolute atomic E-state index is 0.0818. The number of halogens is 2. The first-order chi connectivity index (χ1) is 15.9. The van der Waals surface area contributed by atoms with Gasteiger partial charge in [0.05, 0.1) is 6.20 Å². The predicted molar refractivity (Wildman–Crippen MR) is 118 cm³/mol. The van der Waals surface area contributed by atoms with Gasteiger partial charge in [-0.2, -0.15) is 15.0 Å². The Hall–Kier alpha value is -4.06. The van der Waals surface area contributed by atoms with Crippen LogP contribution >= 0.6 is 11.8 Å². The van der Waals surface area contributed by atoms with Gasteiger partial charge in [0.1, 0.15) is 11.6 Å². The molecule has 33 heavy (non-hydrogen) atoms. The molecule has 0 aliphatic heterocycles. The van der Waals surface area contributed by atoms with E-state index in [-0.39, 0.29) is 35.8 Å². The zero-order valence-corrected chi connectivity index (χ0v) is 18.0. The second-order valence-electron chi connectivity index (χ2n) is 6.58. The van der Waals surface area contributed by atoms with Crippen molar-refractivity contribution in [2.45, 2.75) is 11.8 Å². The summed E-state index contributed by atoms with van der Waals surface area (Å²) >= 11 is 1.32. The lowest BCUT2D eigenvalue weighted by atomic mass is 10.3. The number of nitrogen functional groups attached to an aromatic ring is 1. The van der Waals surface area contributed by atoms with Gasteiger partial charge in [0, 0.05) is 11.4 Å². The van der Waals surface area contributed by atoms with Crippen LogP contribution in [0.4, 0.5) is 26.4 Å². The molecule has 0 saturated carbocycles. The van der Waals surface area contributed by atoms with Crippen LogP contribution < -0.4 is 11.1 Å².